The number of rotatable bonds is 6. The Bertz CT molecular complexity index is 311. The average Bonchev–Trinajstić information content (AvgIpc) is 2.30. The van der Waals surface area contributed by atoms with E-state index in [4.69, 9.17) is 0 Å². The fourth-order valence-corrected chi connectivity index (χ4v) is 1.60. The minimum Gasteiger partial charge on any atom is -0.388 e. The SMILES string of the molecule is C/C=C\N(C)CCCC(O)c1cccnc1. The highest BCUT2D eigenvalue weighted by Gasteiger charge is 2.06. The van der Waals surface area contributed by atoms with Crippen LogP contribution in [0.2, 0.25) is 0 Å². The Morgan fingerprint density at radius 3 is 3.00 bits per heavy atom. The van der Waals surface area contributed by atoms with Crippen molar-refractivity contribution < 1.29 is 5.11 Å². The molecule has 1 rings (SSSR count). The first-order valence-electron chi connectivity index (χ1n) is 5.65. The summed E-state index contributed by atoms with van der Waals surface area (Å²) in [5.74, 6) is 0. The van der Waals surface area contributed by atoms with Crippen LogP contribution in [0.1, 0.15) is 31.4 Å². The number of aliphatic hydroxyl groups is 1. The molecule has 0 aliphatic carbocycles. The zero-order valence-corrected chi connectivity index (χ0v) is 10.0. The van der Waals surface area contributed by atoms with Crippen molar-refractivity contribution in [1.82, 2.24) is 9.88 Å². The number of hydrogen-bond donors (Lipinski definition) is 1. The van der Waals surface area contributed by atoms with E-state index in [1.807, 2.05) is 38.4 Å². The van der Waals surface area contributed by atoms with E-state index in [-0.39, 0.29) is 0 Å². The maximum Gasteiger partial charge on any atom is 0.0805 e. The Morgan fingerprint density at radius 2 is 2.38 bits per heavy atom. The summed E-state index contributed by atoms with van der Waals surface area (Å²) < 4.78 is 0. The second-order valence-electron chi connectivity index (χ2n) is 3.91. The van der Waals surface area contributed by atoms with Crippen molar-refractivity contribution in [2.75, 3.05) is 13.6 Å². The standard InChI is InChI=1S/C13H20N2O/c1-3-9-15(2)10-5-7-13(16)12-6-4-8-14-11-12/h3-4,6,8-9,11,13,16H,5,7,10H2,1-2H3/b9-3-. The molecule has 3 nitrogen and oxygen atoms in total. The van der Waals surface area contributed by atoms with E-state index in [0.717, 1.165) is 24.9 Å². The second kappa shape index (κ2) is 7.01. The third-order valence-electron chi connectivity index (χ3n) is 2.46. The molecule has 0 saturated heterocycles. The molecule has 0 aromatic carbocycles. The summed E-state index contributed by atoms with van der Waals surface area (Å²) in [5.41, 5.74) is 0.899. The Hall–Kier alpha value is -1.35. The van der Waals surface area contributed by atoms with Gasteiger partial charge in [0.2, 0.25) is 0 Å². The number of pyridine rings is 1. The van der Waals surface area contributed by atoms with Gasteiger partial charge in [-0.1, -0.05) is 12.1 Å². The zero-order chi connectivity index (χ0) is 11.8. The van der Waals surface area contributed by atoms with E-state index in [0.29, 0.717) is 0 Å². The predicted molar refractivity (Wildman–Crippen MR) is 65.9 cm³/mol. The summed E-state index contributed by atoms with van der Waals surface area (Å²) >= 11 is 0. The number of nitrogens with zero attached hydrogens (tertiary/aromatic N) is 2. The highest BCUT2D eigenvalue weighted by molar-refractivity contribution is 5.11. The van der Waals surface area contributed by atoms with E-state index in [9.17, 15) is 5.11 Å². The van der Waals surface area contributed by atoms with Gasteiger partial charge in [-0.3, -0.25) is 4.98 Å². The quantitative estimate of drug-likeness (QED) is 0.799. The molecule has 1 heterocycles. The molecule has 1 aromatic rings. The van der Waals surface area contributed by atoms with Gasteiger partial charge in [0.1, 0.15) is 0 Å². The molecule has 0 bridgehead atoms. The normalized spacial score (nSPS) is 12.9. The largest absolute Gasteiger partial charge is 0.388 e. The van der Waals surface area contributed by atoms with Crippen LogP contribution in [0, 0.1) is 0 Å². The molecular weight excluding hydrogens is 200 g/mol. The fourth-order valence-electron chi connectivity index (χ4n) is 1.60. The summed E-state index contributed by atoms with van der Waals surface area (Å²) in [6, 6.07) is 3.76. The van der Waals surface area contributed by atoms with Gasteiger partial charge in [0.25, 0.3) is 0 Å². The van der Waals surface area contributed by atoms with Crippen molar-refractivity contribution >= 4 is 0 Å². The van der Waals surface area contributed by atoms with Gasteiger partial charge in [-0.2, -0.15) is 0 Å². The van der Waals surface area contributed by atoms with Crippen LogP contribution in [0.3, 0.4) is 0 Å². The maximum absolute atomic E-state index is 9.89. The van der Waals surface area contributed by atoms with Crippen LogP contribution in [-0.2, 0) is 0 Å². The molecule has 0 aliphatic heterocycles. The van der Waals surface area contributed by atoms with E-state index in [1.54, 1.807) is 12.4 Å². The first-order chi connectivity index (χ1) is 7.74. The predicted octanol–water partition coefficient (Wildman–Crippen LogP) is 2.36. The minimum atomic E-state index is -0.396. The third-order valence-corrected chi connectivity index (χ3v) is 2.46. The van der Waals surface area contributed by atoms with Crippen LogP contribution < -0.4 is 0 Å². The van der Waals surface area contributed by atoms with Gasteiger partial charge in [-0.15, -0.1) is 0 Å². The molecule has 16 heavy (non-hydrogen) atoms. The number of aromatic nitrogens is 1. The molecule has 0 fully saturated rings. The fraction of sp³-hybridized carbons (Fsp3) is 0.462. The van der Waals surface area contributed by atoms with Crippen molar-refractivity contribution in [2.24, 2.45) is 0 Å². The zero-order valence-electron chi connectivity index (χ0n) is 10.0. The van der Waals surface area contributed by atoms with Crippen LogP contribution in [-0.4, -0.2) is 28.6 Å². The van der Waals surface area contributed by atoms with E-state index >= 15 is 0 Å². The molecule has 88 valence electrons. The van der Waals surface area contributed by atoms with Crippen molar-refractivity contribution in [1.29, 1.82) is 0 Å². The Morgan fingerprint density at radius 1 is 1.56 bits per heavy atom. The van der Waals surface area contributed by atoms with Gasteiger partial charge in [0.05, 0.1) is 6.10 Å². The molecule has 3 heteroatoms. The molecule has 0 amide bonds. The Balaban J connectivity index is 2.28. The van der Waals surface area contributed by atoms with Crippen LogP contribution in [0.4, 0.5) is 0 Å². The van der Waals surface area contributed by atoms with Gasteiger partial charge in [-0.05, 0) is 37.6 Å². The maximum atomic E-state index is 9.89. The van der Waals surface area contributed by atoms with Crippen LogP contribution in [0.25, 0.3) is 0 Å². The highest BCUT2D eigenvalue weighted by Crippen LogP contribution is 2.16. The molecule has 0 aliphatic rings. The smallest absolute Gasteiger partial charge is 0.0805 e. The Labute approximate surface area is 97.4 Å². The van der Waals surface area contributed by atoms with Crippen LogP contribution in [0.15, 0.2) is 36.8 Å². The summed E-state index contributed by atoms with van der Waals surface area (Å²) in [4.78, 5) is 6.12. The molecule has 1 aromatic heterocycles. The van der Waals surface area contributed by atoms with Crippen LogP contribution in [0.5, 0.6) is 0 Å². The lowest BCUT2D eigenvalue weighted by molar-refractivity contribution is 0.161. The van der Waals surface area contributed by atoms with Crippen LogP contribution >= 0.6 is 0 Å². The minimum absolute atomic E-state index is 0.396. The third kappa shape index (κ3) is 4.45. The van der Waals surface area contributed by atoms with Crippen molar-refractivity contribution in [2.45, 2.75) is 25.9 Å². The molecular formula is C13H20N2O. The van der Waals surface area contributed by atoms with Crippen molar-refractivity contribution in [3.05, 3.63) is 42.4 Å². The van der Waals surface area contributed by atoms with Gasteiger partial charge in [-0.25, -0.2) is 0 Å². The summed E-state index contributed by atoms with van der Waals surface area (Å²) in [6.07, 6.45) is 8.84. The topological polar surface area (TPSA) is 36.4 Å². The van der Waals surface area contributed by atoms with Gasteiger partial charge >= 0.3 is 0 Å². The number of allylic oxidation sites excluding steroid dienone is 1. The molecule has 1 atom stereocenters. The van der Waals surface area contributed by atoms with E-state index in [1.165, 1.54) is 0 Å². The molecule has 0 radical (unpaired) electrons. The lowest BCUT2D eigenvalue weighted by Gasteiger charge is -2.15. The average molecular weight is 220 g/mol. The summed E-state index contributed by atoms with van der Waals surface area (Å²) in [6.45, 7) is 2.96. The number of hydrogen-bond acceptors (Lipinski definition) is 3. The Kier molecular flexibility index (Phi) is 5.57. The summed E-state index contributed by atoms with van der Waals surface area (Å²) in [7, 11) is 2.04. The molecule has 0 spiro atoms. The van der Waals surface area contributed by atoms with Gasteiger partial charge in [0.15, 0.2) is 0 Å². The molecule has 0 saturated carbocycles. The van der Waals surface area contributed by atoms with Gasteiger partial charge in [0, 0.05) is 26.0 Å². The molecule has 1 unspecified atom stereocenters. The van der Waals surface area contributed by atoms with Gasteiger partial charge < -0.3 is 10.0 Å². The van der Waals surface area contributed by atoms with Crippen molar-refractivity contribution in [3.63, 3.8) is 0 Å². The lowest BCUT2D eigenvalue weighted by atomic mass is 10.1. The van der Waals surface area contributed by atoms with E-state index in [2.05, 4.69) is 9.88 Å². The monoisotopic (exact) mass is 220 g/mol. The summed E-state index contributed by atoms with van der Waals surface area (Å²) in [5, 5.41) is 9.89. The number of aliphatic hydroxyl groups excluding tert-OH is 1. The first kappa shape index (κ1) is 12.7. The molecule has 1 N–H and O–H groups in total. The first-order valence-corrected chi connectivity index (χ1v) is 5.65. The van der Waals surface area contributed by atoms with Crippen molar-refractivity contribution in [3.8, 4) is 0 Å². The second-order valence-corrected chi connectivity index (χ2v) is 3.91. The van der Waals surface area contributed by atoms with E-state index < -0.39 is 6.10 Å². The highest BCUT2D eigenvalue weighted by atomic mass is 16.3. The lowest BCUT2D eigenvalue weighted by Crippen LogP contribution is -2.13.